The molecular weight excluding hydrogens is 209 g/mol. The third-order valence-electron chi connectivity index (χ3n) is 3.99. The second kappa shape index (κ2) is 4.21. The van der Waals surface area contributed by atoms with Gasteiger partial charge < -0.3 is 0 Å². The Hall–Kier alpha value is -1.25. The van der Waals surface area contributed by atoms with Crippen LogP contribution in [-0.2, 0) is 0 Å². The molecule has 1 aromatic carbocycles. The summed E-state index contributed by atoms with van der Waals surface area (Å²) in [4.78, 5) is 2.33. The first-order valence-corrected chi connectivity index (χ1v) is 6.49. The van der Waals surface area contributed by atoms with Crippen LogP contribution in [0.3, 0.4) is 0 Å². The van der Waals surface area contributed by atoms with E-state index in [-0.39, 0.29) is 5.92 Å². The number of rotatable bonds is 1. The molecule has 2 nitrogen and oxygen atoms in total. The number of aliphatic hydroxyl groups is 1. The van der Waals surface area contributed by atoms with E-state index in [1.165, 1.54) is 30.4 Å². The van der Waals surface area contributed by atoms with E-state index >= 15 is 0 Å². The molecule has 0 radical (unpaired) electrons. The predicted octanol–water partition coefficient (Wildman–Crippen LogP) is 2.07. The zero-order chi connectivity index (χ0) is 11.8. The van der Waals surface area contributed by atoms with Gasteiger partial charge >= 0.3 is 103 Å². The average molecular weight is 227 g/mol. The summed E-state index contributed by atoms with van der Waals surface area (Å²) in [5, 5.41) is 10.2. The van der Waals surface area contributed by atoms with Crippen LogP contribution < -0.4 is 0 Å². The van der Waals surface area contributed by atoms with Gasteiger partial charge in [-0.1, -0.05) is 0 Å². The van der Waals surface area contributed by atoms with Crippen molar-refractivity contribution in [2.45, 2.75) is 38.1 Å². The molecule has 17 heavy (non-hydrogen) atoms. The first-order valence-electron chi connectivity index (χ1n) is 6.49. The zero-order valence-electron chi connectivity index (χ0n) is 10.3. The van der Waals surface area contributed by atoms with E-state index < -0.39 is 0 Å². The van der Waals surface area contributed by atoms with Gasteiger partial charge in [0.1, 0.15) is 0 Å². The molecule has 0 bridgehead atoms. The molecule has 88 valence electrons. The van der Waals surface area contributed by atoms with Gasteiger partial charge in [0, 0.05) is 0 Å². The number of hydrogen-bond donors (Lipinski definition) is 1. The first kappa shape index (κ1) is 10.9. The molecule has 2 atom stereocenters. The molecule has 0 spiro atoms. The number of aryl methyl sites for hydroxylation is 1. The molecule has 2 heterocycles. The number of piperidine rings is 1. The monoisotopic (exact) mass is 227 g/mol. The van der Waals surface area contributed by atoms with Crippen molar-refractivity contribution in [1.82, 2.24) is 4.81 Å². The minimum absolute atomic E-state index is 0.190. The Balaban J connectivity index is 1.94. The molecule has 2 aliphatic rings. The summed E-state index contributed by atoms with van der Waals surface area (Å²) in [6, 6.07) is 9.01. The molecule has 3 rings (SSSR count). The van der Waals surface area contributed by atoms with Crippen LogP contribution in [0.1, 0.15) is 36.3 Å². The fourth-order valence-electron chi connectivity index (χ4n) is 3.20. The third kappa shape index (κ3) is 1.88. The Labute approximate surface area is 103 Å². The Kier molecular flexibility index (Phi) is 2.69. The zero-order valence-corrected chi connectivity index (χ0v) is 10.3. The van der Waals surface area contributed by atoms with E-state index in [0.717, 1.165) is 6.54 Å². The average Bonchev–Trinajstić information content (AvgIpc) is 2.64. The molecule has 1 aromatic rings. The van der Waals surface area contributed by atoms with Crippen molar-refractivity contribution in [1.29, 1.82) is 0 Å². The van der Waals surface area contributed by atoms with Crippen molar-refractivity contribution in [2.75, 3.05) is 6.54 Å². The van der Waals surface area contributed by atoms with Gasteiger partial charge in [-0.15, -0.1) is 0 Å². The van der Waals surface area contributed by atoms with E-state index in [1.54, 1.807) is 0 Å². The summed E-state index contributed by atoms with van der Waals surface area (Å²) in [6.45, 7) is 3.20. The maximum atomic E-state index is 10.2. The quantitative estimate of drug-likeness (QED) is 0.742. The van der Waals surface area contributed by atoms with Gasteiger partial charge in [0.2, 0.25) is 0 Å². The predicted molar refractivity (Wildman–Crippen MR) is 71.0 cm³/mol. The Morgan fingerprint density at radius 1 is 1.35 bits per heavy atom. The van der Waals surface area contributed by atoms with Crippen LogP contribution in [0.4, 0.5) is 0 Å². The maximum absolute atomic E-state index is 10.2. The SMILES string of the molecule is Cc1cccc(C2C(O)=BN3CCCC[C@@H]23)c1. The van der Waals surface area contributed by atoms with E-state index in [4.69, 9.17) is 0 Å². The van der Waals surface area contributed by atoms with Crippen molar-refractivity contribution in [3.63, 3.8) is 0 Å². The van der Waals surface area contributed by atoms with Crippen LogP contribution in [0.5, 0.6) is 0 Å². The van der Waals surface area contributed by atoms with Gasteiger partial charge in [0.05, 0.1) is 0 Å². The van der Waals surface area contributed by atoms with Crippen molar-refractivity contribution < 1.29 is 5.11 Å². The Bertz CT molecular complexity index is 457. The summed E-state index contributed by atoms with van der Waals surface area (Å²) in [5.74, 6) is 0.190. The molecule has 2 aliphatic heterocycles. The van der Waals surface area contributed by atoms with Gasteiger partial charge in [-0.2, -0.15) is 0 Å². The molecule has 0 aliphatic carbocycles. The van der Waals surface area contributed by atoms with Gasteiger partial charge in [-0.25, -0.2) is 0 Å². The minimum atomic E-state index is 0.190. The number of fused-ring (bicyclic) bond motifs is 1. The van der Waals surface area contributed by atoms with Crippen LogP contribution >= 0.6 is 0 Å². The standard InChI is InChI=1S/C14H18BNO/c1-10-5-4-6-11(9-10)13-12-7-2-3-8-16(12)15-14(13)17/h4-6,9,12-13,17H,2-3,7-8H2,1H3/t12-,13?/m0/s1. The molecule has 0 aromatic heterocycles. The summed E-state index contributed by atoms with van der Waals surface area (Å²) >= 11 is 0. The molecule has 0 amide bonds. The second-order valence-corrected chi connectivity index (χ2v) is 5.25. The Morgan fingerprint density at radius 3 is 3.06 bits per heavy atom. The summed E-state index contributed by atoms with van der Waals surface area (Å²) in [5.41, 5.74) is 3.07. The second-order valence-electron chi connectivity index (χ2n) is 5.25. The van der Waals surface area contributed by atoms with Crippen LogP contribution in [0.2, 0.25) is 0 Å². The molecule has 0 saturated carbocycles. The van der Waals surface area contributed by atoms with Crippen LogP contribution in [0.25, 0.3) is 0 Å². The normalized spacial score (nSPS) is 27.4. The summed E-state index contributed by atoms with van der Waals surface area (Å²) in [7, 11) is 1.96. The van der Waals surface area contributed by atoms with Gasteiger partial charge in [0.25, 0.3) is 0 Å². The molecular formula is C14H18BNO. The molecule has 1 N–H and O–H groups in total. The van der Waals surface area contributed by atoms with E-state index in [9.17, 15) is 5.11 Å². The van der Waals surface area contributed by atoms with Gasteiger partial charge in [-0.05, 0) is 0 Å². The Morgan fingerprint density at radius 2 is 2.24 bits per heavy atom. The van der Waals surface area contributed by atoms with Crippen molar-refractivity contribution in [3.05, 3.63) is 35.4 Å². The molecule has 1 fully saturated rings. The number of hydrogen-bond acceptors (Lipinski definition) is 2. The number of benzene rings is 1. The first-order chi connectivity index (χ1) is 8.25. The van der Waals surface area contributed by atoms with Gasteiger partial charge in [0.15, 0.2) is 0 Å². The van der Waals surface area contributed by atoms with Crippen molar-refractivity contribution in [3.8, 4) is 0 Å². The van der Waals surface area contributed by atoms with Crippen LogP contribution in [0, 0.1) is 6.92 Å². The van der Waals surface area contributed by atoms with Crippen molar-refractivity contribution in [2.24, 2.45) is 0 Å². The van der Waals surface area contributed by atoms with E-state index in [1.807, 2.05) is 7.06 Å². The van der Waals surface area contributed by atoms with Crippen LogP contribution in [0.15, 0.2) is 24.3 Å². The third-order valence-corrected chi connectivity index (χ3v) is 3.99. The summed E-state index contributed by atoms with van der Waals surface area (Å²) < 4.78 is 0. The molecule has 1 unspecified atom stereocenters. The van der Waals surface area contributed by atoms with Crippen molar-refractivity contribution >= 4 is 12.7 Å². The van der Waals surface area contributed by atoms with Crippen LogP contribution in [-0.4, -0.2) is 35.2 Å². The van der Waals surface area contributed by atoms with E-state index in [0.29, 0.717) is 11.7 Å². The summed E-state index contributed by atoms with van der Waals surface area (Å²) in [6.07, 6.45) is 3.73. The molecule has 3 heteroatoms. The molecule has 1 saturated heterocycles. The fraction of sp³-hybridized carbons (Fsp3) is 0.500. The fourth-order valence-corrected chi connectivity index (χ4v) is 3.20. The topological polar surface area (TPSA) is 23.5 Å². The van der Waals surface area contributed by atoms with E-state index in [2.05, 4.69) is 36.0 Å². The van der Waals surface area contributed by atoms with Gasteiger partial charge in [-0.3, -0.25) is 0 Å². The number of aliphatic hydroxyl groups excluding tert-OH is 1. The number of nitrogens with zero attached hydrogens (tertiary/aromatic N) is 1.